The van der Waals surface area contributed by atoms with Gasteiger partial charge in [0, 0.05) is 31.6 Å². The van der Waals surface area contributed by atoms with Crippen LogP contribution < -0.4 is 5.32 Å². The lowest BCUT2D eigenvalue weighted by Crippen LogP contribution is -2.46. The maximum Gasteiger partial charge on any atom is 0.270 e. The number of furan rings is 1. The van der Waals surface area contributed by atoms with Gasteiger partial charge < -0.3 is 14.6 Å². The maximum absolute atomic E-state index is 12.5. The van der Waals surface area contributed by atoms with Crippen LogP contribution >= 0.6 is 11.3 Å². The molecule has 2 amide bonds. The number of nitrogens with one attached hydrogen (secondary N) is 1. The summed E-state index contributed by atoms with van der Waals surface area (Å²) in [7, 11) is 3.53. The van der Waals surface area contributed by atoms with Crippen LogP contribution in [0.25, 0.3) is 10.6 Å². The van der Waals surface area contributed by atoms with E-state index < -0.39 is 5.41 Å². The summed E-state index contributed by atoms with van der Waals surface area (Å²) in [5, 5.41) is 5.38. The van der Waals surface area contributed by atoms with Crippen LogP contribution in [-0.4, -0.2) is 42.3 Å². The fourth-order valence-corrected chi connectivity index (χ4v) is 4.02. The summed E-state index contributed by atoms with van der Waals surface area (Å²) in [6.45, 7) is 0.363. The molecule has 6 nitrogen and oxygen atoms in total. The summed E-state index contributed by atoms with van der Waals surface area (Å²) in [6, 6.07) is 1.81. The van der Waals surface area contributed by atoms with Gasteiger partial charge in [-0.2, -0.15) is 0 Å². The molecule has 24 heavy (non-hydrogen) atoms. The first-order valence-electron chi connectivity index (χ1n) is 8.00. The highest BCUT2D eigenvalue weighted by atomic mass is 32.1. The Morgan fingerprint density at radius 2 is 2.12 bits per heavy atom. The van der Waals surface area contributed by atoms with E-state index in [1.54, 1.807) is 36.9 Å². The molecule has 2 aromatic rings. The van der Waals surface area contributed by atoms with Crippen LogP contribution in [0.3, 0.4) is 0 Å². The fourth-order valence-electron chi connectivity index (χ4n) is 3.23. The number of amides is 2. The fraction of sp³-hybridized carbons (Fsp3) is 0.471. The first-order valence-corrected chi connectivity index (χ1v) is 8.88. The molecule has 128 valence electrons. The predicted molar refractivity (Wildman–Crippen MR) is 91.7 cm³/mol. The van der Waals surface area contributed by atoms with Crippen molar-refractivity contribution in [1.82, 2.24) is 15.2 Å². The first kappa shape index (κ1) is 16.7. The number of hydrogen-bond acceptors (Lipinski definition) is 5. The van der Waals surface area contributed by atoms with Crippen molar-refractivity contribution >= 4 is 23.2 Å². The minimum Gasteiger partial charge on any atom is -0.472 e. The average Bonchev–Trinajstić information content (AvgIpc) is 3.32. The van der Waals surface area contributed by atoms with E-state index in [4.69, 9.17) is 4.42 Å². The molecule has 0 radical (unpaired) electrons. The molecule has 1 saturated carbocycles. The van der Waals surface area contributed by atoms with Gasteiger partial charge in [-0.1, -0.05) is 12.8 Å². The van der Waals surface area contributed by atoms with Gasteiger partial charge in [-0.15, -0.1) is 11.3 Å². The molecule has 1 aliphatic carbocycles. The summed E-state index contributed by atoms with van der Waals surface area (Å²) in [5.74, 6) is -0.142. The standard InChI is InChI=1S/C17H21N3O3S/c1-20(2)16(22)17(6-3-4-7-17)11-18-14(21)13-10-24-15(19-13)12-5-8-23-9-12/h5,8-10H,3-4,6-7,11H2,1-2H3,(H,18,21). The van der Waals surface area contributed by atoms with Crippen LogP contribution in [0.2, 0.25) is 0 Å². The number of rotatable bonds is 5. The molecule has 0 saturated heterocycles. The van der Waals surface area contributed by atoms with E-state index in [-0.39, 0.29) is 11.8 Å². The molecule has 1 N–H and O–H groups in total. The smallest absolute Gasteiger partial charge is 0.270 e. The highest BCUT2D eigenvalue weighted by Gasteiger charge is 2.42. The summed E-state index contributed by atoms with van der Waals surface area (Å²) in [6.07, 6.45) is 6.87. The average molecular weight is 347 g/mol. The van der Waals surface area contributed by atoms with E-state index >= 15 is 0 Å². The van der Waals surface area contributed by atoms with Crippen molar-refractivity contribution in [3.05, 3.63) is 29.7 Å². The minimum absolute atomic E-state index is 0.0951. The van der Waals surface area contributed by atoms with Crippen molar-refractivity contribution in [2.45, 2.75) is 25.7 Å². The Labute approximate surface area is 144 Å². The van der Waals surface area contributed by atoms with Gasteiger partial charge in [-0.3, -0.25) is 9.59 Å². The summed E-state index contributed by atoms with van der Waals surface area (Å²) < 4.78 is 5.04. The number of thiazole rings is 1. The molecule has 0 aromatic carbocycles. The normalized spacial score (nSPS) is 16.1. The summed E-state index contributed by atoms with van der Waals surface area (Å²) in [5.41, 5.74) is 0.763. The van der Waals surface area contributed by atoms with E-state index in [1.807, 2.05) is 6.07 Å². The van der Waals surface area contributed by atoms with E-state index in [2.05, 4.69) is 10.3 Å². The Kier molecular flexibility index (Phi) is 4.71. The molecule has 1 aliphatic rings. The SMILES string of the molecule is CN(C)C(=O)C1(CNC(=O)c2csc(-c3ccoc3)n2)CCCC1. The second kappa shape index (κ2) is 6.76. The van der Waals surface area contributed by atoms with Gasteiger partial charge in [-0.25, -0.2) is 4.98 Å². The molecular formula is C17H21N3O3S. The third-order valence-corrected chi connectivity index (χ3v) is 5.40. The third-order valence-electron chi connectivity index (χ3n) is 4.51. The Bertz CT molecular complexity index is 715. The quantitative estimate of drug-likeness (QED) is 0.902. The van der Waals surface area contributed by atoms with Crippen LogP contribution in [-0.2, 0) is 4.79 Å². The summed E-state index contributed by atoms with van der Waals surface area (Å²) in [4.78, 5) is 30.9. The number of carbonyl (C=O) groups excluding carboxylic acids is 2. The molecule has 0 unspecified atom stereocenters. The number of nitrogens with zero attached hydrogens (tertiary/aromatic N) is 2. The number of hydrogen-bond donors (Lipinski definition) is 1. The molecule has 7 heteroatoms. The van der Waals surface area contributed by atoms with Gasteiger partial charge in [0.2, 0.25) is 5.91 Å². The van der Waals surface area contributed by atoms with Crippen molar-refractivity contribution in [1.29, 1.82) is 0 Å². The zero-order valence-corrected chi connectivity index (χ0v) is 14.7. The Balaban J connectivity index is 1.67. The Morgan fingerprint density at radius 3 is 2.75 bits per heavy atom. The molecular weight excluding hydrogens is 326 g/mol. The number of aromatic nitrogens is 1. The largest absolute Gasteiger partial charge is 0.472 e. The molecule has 0 aliphatic heterocycles. The molecule has 1 fully saturated rings. The van der Waals surface area contributed by atoms with Gasteiger partial charge in [0.15, 0.2) is 0 Å². The monoisotopic (exact) mass is 347 g/mol. The van der Waals surface area contributed by atoms with Crippen LogP contribution in [0.5, 0.6) is 0 Å². The minimum atomic E-state index is -0.470. The molecule has 3 rings (SSSR count). The van der Waals surface area contributed by atoms with Gasteiger partial charge >= 0.3 is 0 Å². The molecule has 2 aromatic heterocycles. The maximum atomic E-state index is 12.5. The van der Waals surface area contributed by atoms with Gasteiger partial charge in [0.05, 0.1) is 11.7 Å². The molecule has 0 spiro atoms. The van der Waals surface area contributed by atoms with Crippen molar-refractivity contribution in [2.75, 3.05) is 20.6 Å². The van der Waals surface area contributed by atoms with Crippen molar-refractivity contribution in [3.8, 4) is 10.6 Å². The lowest BCUT2D eigenvalue weighted by molar-refractivity contribution is -0.138. The second-order valence-corrected chi connectivity index (χ2v) is 7.28. The van der Waals surface area contributed by atoms with Crippen molar-refractivity contribution in [3.63, 3.8) is 0 Å². The highest BCUT2D eigenvalue weighted by molar-refractivity contribution is 7.13. The van der Waals surface area contributed by atoms with E-state index in [0.29, 0.717) is 12.2 Å². The van der Waals surface area contributed by atoms with Crippen LogP contribution in [0.1, 0.15) is 36.2 Å². The van der Waals surface area contributed by atoms with Crippen LogP contribution in [0, 0.1) is 5.41 Å². The zero-order valence-electron chi connectivity index (χ0n) is 13.9. The van der Waals surface area contributed by atoms with E-state index in [0.717, 1.165) is 36.3 Å². The van der Waals surface area contributed by atoms with Gasteiger partial charge in [0.25, 0.3) is 5.91 Å². The first-order chi connectivity index (χ1) is 11.5. The highest BCUT2D eigenvalue weighted by Crippen LogP contribution is 2.39. The van der Waals surface area contributed by atoms with E-state index in [9.17, 15) is 9.59 Å². The molecule has 2 heterocycles. The Morgan fingerprint density at radius 1 is 1.38 bits per heavy atom. The van der Waals surface area contributed by atoms with Crippen molar-refractivity contribution < 1.29 is 14.0 Å². The van der Waals surface area contributed by atoms with Crippen molar-refractivity contribution in [2.24, 2.45) is 5.41 Å². The van der Waals surface area contributed by atoms with Crippen LogP contribution in [0.15, 0.2) is 28.4 Å². The zero-order chi connectivity index (χ0) is 17.2. The van der Waals surface area contributed by atoms with E-state index in [1.165, 1.54) is 11.3 Å². The topological polar surface area (TPSA) is 75.4 Å². The summed E-state index contributed by atoms with van der Waals surface area (Å²) >= 11 is 1.40. The Hall–Kier alpha value is -2.15. The second-order valence-electron chi connectivity index (χ2n) is 6.42. The van der Waals surface area contributed by atoms with Gasteiger partial charge in [-0.05, 0) is 18.9 Å². The number of carbonyl (C=O) groups is 2. The lowest BCUT2D eigenvalue weighted by atomic mass is 9.84. The van der Waals surface area contributed by atoms with Crippen LogP contribution in [0.4, 0.5) is 0 Å². The third kappa shape index (κ3) is 3.21. The molecule has 0 bridgehead atoms. The lowest BCUT2D eigenvalue weighted by Gasteiger charge is -2.30. The predicted octanol–water partition coefficient (Wildman–Crippen LogP) is 2.78. The van der Waals surface area contributed by atoms with Gasteiger partial charge in [0.1, 0.15) is 17.0 Å². The molecule has 0 atom stereocenters.